The fraction of sp³-hybridized carbons (Fsp3) is 0.351. The van der Waals surface area contributed by atoms with Crippen LogP contribution in [0, 0.1) is 12.3 Å². The number of nitrogens with one attached hydrogen (secondary N) is 3. The van der Waals surface area contributed by atoms with Crippen molar-refractivity contribution in [1.29, 1.82) is 0 Å². The molecule has 1 aromatic heterocycles. The van der Waals surface area contributed by atoms with Gasteiger partial charge in [-0.3, -0.25) is 24.0 Å². The van der Waals surface area contributed by atoms with Gasteiger partial charge in [0, 0.05) is 63.0 Å². The van der Waals surface area contributed by atoms with Crippen LogP contribution < -0.4 is 25.4 Å². The minimum Gasteiger partial charge on any atom is -0.497 e. The quantitative estimate of drug-likeness (QED) is 0.162. The molecule has 13 nitrogen and oxygen atoms in total. The summed E-state index contributed by atoms with van der Waals surface area (Å²) in [6.45, 7) is 3.36. The number of hydrogen-bond donors (Lipinski definition) is 3. The number of pyridine rings is 1. The Labute approximate surface area is 291 Å². The molecule has 1 fully saturated rings. The van der Waals surface area contributed by atoms with Gasteiger partial charge in [-0.25, -0.2) is 4.98 Å². The van der Waals surface area contributed by atoms with E-state index in [0.29, 0.717) is 28.1 Å². The van der Waals surface area contributed by atoms with Gasteiger partial charge in [-0.05, 0) is 24.6 Å². The number of likely N-dealkylation sites (tertiary alicyclic amines) is 1. The van der Waals surface area contributed by atoms with Crippen molar-refractivity contribution in [3.05, 3.63) is 67.3 Å². The third-order valence-electron chi connectivity index (χ3n) is 8.28. The average Bonchev–Trinajstić information content (AvgIpc) is 3.56. The Hall–Kier alpha value is -5.90. The number of aromatic nitrogens is 1. The molecule has 2 aromatic carbocycles. The van der Waals surface area contributed by atoms with Gasteiger partial charge >= 0.3 is 0 Å². The van der Waals surface area contributed by atoms with Gasteiger partial charge in [-0.1, -0.05) is 42.8 Å². The number of hydrogen-bond acceptors (Lipinski definition) is 8. The average molecular weight is 683 g/mol. The zero-order valence-electron chi connectivity index (χ0n) is 28.4. The van der Waals surface area contributed by atoms with Gasteiger partial charge in [0.1, 0.15) is 29.7 Å². The van der Waals surface area contributed by atoms with Crippen LogP contribution in [0.3, 0.4) is 0 Å². The maximum atomic E-state index is 14.1. The summed E-state index contributed by atoms with van der Waals surface area (Å²) < 4.78 is 12.0. The second kappa shape index (κ2) is 17.5. The molecule has 4 rings (SSSR count). The van der Waals surface area contributed by atoms with Crippen molar-refractivity contribution in [1.82, 2.24) is 30.7 Å². The van der Waals surface area contributed by atoms with E-state index < -0.39 is 41.8 Å². The molecule has 262 valence electrons. The smallest absolute Gasteiger partial charge is 0.247 e. The summed E-state index contributed by atoms with van der Waals surface area (Å²) in [6, 6.07) is 14.7. The Bertz CT molecular complexity index is 1770. The van der Waals surface area contributed by atoms with Gasteiger partial charge < -0.3 is 35.2 Å². The summed E-state index contributed by atoms with van der Waals surface area (Å²) >= 11 is 0. The lowest BCUT2D eigenvalue weighted by Gasteiger charge is -2.28. The highest BCUT2D eigenvalue weighted by atomic mass is 16.5. The second-order valence-electron chi connectivity index (χ2n) is 11.7. The van der Waals surface area contributed by atoms with Gasteiger partial charge in [0.05, 0.1) is 31.4 Å². The minimum absolute atomic E-state index is 0.0232. The number of carbonyl (C=O) groups excluding carboxylic acids is 5. The number of carbonyl (C=O) groups is 5. The number of nitrogens with zero attached hydrogens (tertiary/aromatic N) is 3. The Morgan fingerprint density at radius 1 is 1.14 bits per heavy atom. The molecule has 0 spiro atoms. The first-order valence-electron chi connectivity index (χ1n) is 16.2. The molecule has 50 heavy (non-hydrogen) atoms. The highest BCUT2D eigenvalue weighted by Gasteiger charge is 2.43. The number of amides is 5. The fourth-order valence-electron chi connectivity index (χ4n) is 5.64. The maximum absolute atomic E-state index is 14.1. The van der Waals surface area contributed by atoms with Crippen LogP contribution in [-0.2, 0) is 24.0 Å². The Balaban J connectivity index is 1.57. The molecule has 0 saturated carbocycles. The summed E-state index contributed by atoms with van der Waals surface area (Å²) in [6.07, 6.45) is 6.12. The van der Waals surface area contributed by atoms with E-state index in [-0.39, 0.29) is 51.2 Å². The third-order valence-corrected chi connectivity index (χ3v) is 8.28. The third kappa shape index (κ3) is 9.37. The van der Waals surface area contributed by atoms with Gasteiger partial charge in [-0.15, -0.1) is 6.42 Å². The molecule has 13 heteroatoms. The Morgan fingerprint density at radius 3 is 2.58 bits per heavy atom. The number of ether oxygens (including phenoxy) is 2. The highest BCUT2D eigenvalue weighted by Crippen LogP contribution is 2.34. The second-order valence-corrected chi connectivity index (χ2v) is 11.7. The van der Waals surface area contributed by atoms with E-state index in [1.807, 2.05) is 48.5 Å². The van der Waals surface area contributed by atoms with Crippen LogP contribution in [0.15, 0.2) is 67.3 Å². The van der Waals surface area contributed by atoms with Crippen molar-refractivity contribution >= 4 is 40.4 Å². The summed E-state index contributed by atoms with van der Waals surface area (Å²) in [7, 11) is 4.62. The molecule has 0 bridgehead atoms. The molecule has 0 unspecified atom stereocenters. The van der Waals surface area contributed by atoms with E-state index in [9.17, 15) is 24.0 Å². The number of rotatable bonds is 15. The lowest BCUT2D eigenvalue weighted by Crippen LogP contribution is -2.56. The van der Waals surface area contributed by atoms with Crippen molar-refractivity contribution in [3.8, 4) is 35.1 Å². The molecule has 1 aliphatic heterocycles. The van der Waals surface area contributed by atoms with E-state index in [4.69, 9.17) is 20.9 Å². The summed E-state index contributed by atoms with van der Waals surface area (Å²) in [5, 5.41) is 8.56. The highest BCUT2D eigenvalue weighted by molar-refractivity contribution is 5.94. The number of fused-ring (bicyclic) bond motifs is 1. The molecule has 0 aliphatic carbocycles. The molecule has 2 heterocycles. The molecule has 0 radical (unpaired) electrons. The van der Waals surface area contributed by atoms with Crippen LogP contribution in [0.4, 0.5) is 0 Å². The number of methoxy groups -OCH3 is 1. The number of terminal acetylenes is 1. The van der Waals surface area contributed by atoms with Crippen molar-refractivity contribution < 1.29 is 33.4 Å². The Morgan fingerprint density at radius 2 is 1.90 bits per heavy atom. The van der Waals surface area contributed by atoms with Crippen molar-refractivity contribution in [3.63, 3.8) is 0 Å². The lowest BCUT2D eigenvalue weighted by atomic mass is 10.1. The van der Waals surface area contributed by atoms with E-state index in [2.05, 4.69) is 28.4 Å². The molecule has 3 N–H and O–H groups in total. The fourth-order valence-corrected chi connectivity index (χ4v) is 5.64. The van der Waals surface area contributed by atoms with Crippen molar-refractivity contribution in [2.45, 2.75) is 43.9 Å². The van der Waals surface area contributed by atoms with Gasteiger partial charge in [0.15, 0.2) is 0 Å². The van der Waals surface area contributed by atoms with Gasteiger partial charge in [0.2, 0.25) is 29.5 Å². The number of benzene rings is 2. The van der Waals surface area contributed by atoms with Crippen LogP contribution in [0.2, 0.25) is 0 Å². The molecule has 3 aromatic rings. The van der Waals surface area contributed by atoms with Crippen molar-refractivity contribution in [2.24, 2.45) is 0 Å². The maximum Gasteiger partial charge on any atom is 0.247 e. The lowest BCUT2D eigenvalue weighted by molar-refractivity contribution is -0.141. The van der Waals surface area contributed by atoms with Crippen molar-refractivity contribution in [2.75, 3.05) is 40.8 Å². The Kier molecular flexibility index (Phi) is 12.9. The molecule has 1 aliphatic rings. The minimum atomic E-state index is -1.21. The van der Waals surface area contributed by atoms with Gasteiger partial charge in [-0.2, -0.15) is 0 Å². The summed E-state index contributed by atoms with van der Waals surface area (Å²) in [5.74, 6) is 1.28. The van der Waals surface area contributed by atoms with Crippen LogP contribution in [0.25, 0.3) is 22.2 Å². The molecular formula is C37H42N6O7. The zero-order valence-corrected chi connectivity index (χ0v) is 28.4. The van der Waals surface area contributed by atoms with Crippen LogP contribution in [0.1, 0.15) is 25.7 Å². The van der Waals surface area contributed by atoms with Gasteiger partial charge in [0.25, 0.3) is 0 Å². The monoisotopic (exact) mass is 682 g/mol. The first-order chi connectivity index (χ1) is 24.1. The normalized spacial score (nSPS) is 15.7. The molecular weight excluding hydrogens is 640 g/mol. The topological polar surface area (TPSA) is 159 Å². The molecule has 5 amide bonds. The SMILES string of the molecule is C#CCN(C)C(=O)CCCC(=O)N[C@@H](CNC(=O)C=C)C(=O)N1C[C@H](Oc2cc(-c3ccccc3)nc3cc(OC)ccc23)C[C@H]1C(=O)NC. The number of likely N-dealkylation sites (N-methyl/N-ethyl adjacent to an activating group) is 1. The molecule has 1 saturated heterocycles. The standard InChI is InChI=1S/C37H42N6O7/c1-6-18-42(4)35(46)15-11-14-34(45)41-30(22-39-33(44)7-2)37(48)43-23-26(20-31(43)36(47)38-3)50-32-21-28(24-12-9-8-10-13-24)40-29-19-25(49-5)16-17-27(29)32/h1,7-10,12-13,16-17,19,21,26,30-31H,2,11,14-15,18,20,22-23H2,3-5H3,(H,38,47)(H,39,44)(H,41,45)/t26-,30+,31+/m1/s1. The van der Waals surface area contributed by atoms with E-state index in [0.717, 1.165) is 11.6 Å². The summed E-state index contributed by atoms with van der Waals surface area (Å²) in [5.41, 5.74) is 2.18. The first-order valence-corrected chi connectivity index (χ1v) is 16.2. The first kappa shape index (κ1) is 36.9. The van der Waals surface area contributed by atoms with E-state index >= 15 is 0 Å². The molecule has 3 atom stereocenters. The largest absolute Gasteiger partial charge is 0.497 e. The van der Waals surface area contributed by atoms with Crippen LogP contribution in [0.5, 0.6) is 11.5 Å². The van der Waals surface area contributed by atoms with Crippen LogP contribution >= 0.6 is 0 Å². The van der Waals surface area contributed by atoms with Crippen LogP contribution in [-0.4, -0.2) is 103 Å². The van der Waals surface area contributed by atoms with E-state index in [1.54, 1.807) is 20.2 Å². The van der Waals surface area contributed by atoms with E-state index in [1.165, 1.54) is 16.8 Å². The summed E-state index contributed by atoms with van der Waals surface area (Å²) in [4.78, 5) is 72.0. The predicted octanol–water partition coefficient (Wildman–Crippen LogP) is 2.05. The zero-order chi connectivity index (χ0) is 36.2. The predicted molar refractivity (Wildman–Crippen MR) is 188 cm³/mol.